The van der Waals surface area contributed by atoms with Crippen LogP contribution in [0.1, 0.15) is 26.0 Å². The van der Waals surface area contributed by atoms with Crippen LogP contribution in [0.15, 0.2) is 69.1 Å². The fourth-order valence-corrected chi connectivity index (χ4v) is 2.37. The molecule has 0 saturated carbocycles. The maximum Gasteiger partial charge on any atom is 0.439 e. The number of rotatable bonds is 2. The average Bonchev–Trinajstić information content (AvgIpc) is 3.30. The Hall–Kier alpha value is -5.45. The molecule has 0 unspecified atom stereocenters. The molecule has 0 radical (unpaired) electrons. The van der Waals surface area contributed by atoms with Crippen LogP contribution in [-0.2, 0) is 0 Å². The van der Waals surface area contributed by atoms with E-state index in [1.807, 2.05) is 0 Å². The molecule has 0 fully saturated rings. The minimum Gasteiger partial charge on any atom is -0.409 e. The first kappa shape index (κ1) is 32.5. The first-order valence-corrected chi connectivity index (χ1v) is 9.65. The molecule has 10 N–H and O–H groups in total. The highest BCUT2D eigenvalue weighted by molar-refractivity contribution is 5.97. The van der Waals surface area contributed by atoms with Gasteiger partial charge < -0.3 is 28.1 Å². The van der Waals surface area contributed by atoms with Crippen LogP contribution in [-0.4, -0.2) is 21.2 Å². The van der Waals surface area contributed by atoms with Crippen LogP contribution in [0.3, 0.4) is 0 Å². The van der Waals surface area contributed by atoms with Crippen molar-refractivity contribution < 1.29 is 22.9 Å². The number of amidine groups is 1. The monoisotopic (exact) mass is 532 g/mol. The molecule has 1 heterocycles. The summed E-state index contributed by atoms with van der Waals surface area (Å²) in [6, 6.07) is 13.8. The second-order valence-electron chi connectivity index (χ2n) is 6.75. The van der Waals surface area contributed by atoms with Gasteiger partial charge in [0.05, 0.1) is 28.7 Å². The highest BCUT2D eigenvalue weighted by atomic mass is 19.1. The van der Waals surface area contributed by atoms with E-state index in [1.54, 1.807) is 6.07 Å². The summed E-state index contributed by atoms with van der Waals surface area (Å²) in [4.78, 5) is 12.9. The molecule has 11 nitrogen and oxygen atoms in total. The van der Waals surface area contributed by atoms with Gasteiger partial charge in [0.2, 0.25) is 0 Å². The zero-order valence-electron chi connectivity index (χ0n) is 18.2. The summed E-state index contributed by atoms with van der Waals surface area (Å²) >= 11 is 0. The molecule has 4 rings (SSSR count). The Morgan fingerprint density at radius 3 is 1.89 bits per heavy atom. The number of oxime groups is 1. The van der Waals surface area contributed by atoms with Gasteiger partial charge in [0.15, 0.2) is 11.7 Å². The summed E-state index contributed by atoms with van der Waals surface area (Å²) in [5, 5.41) is 22.7. The van der Waals surface area contributed by atoms with Gasteiger partial charge in [-0.1, -0.05) is 25.2 Å². The third-order valence-corrected chi connectivity index (χ3v) is 4.25. The Morgan fingerprint density at radius 2 is 1.45 bits per heavy atom. The van der Waals surface area contributed by atoms with Gasteiger partial charge in [0, 0.05) is 11.1 Å². The highest BCUT2D eigenvalue weighted by Crippen LogP contribution is 2.18. The Kier molecular flexibility index (Phi) is 12.7. The van der Waals surface area contributed by atoms with Crippen molar-refractivity contribution in [1.29, 1.82) is 5.26 Å². The number of hydrogen-bond acceptors (Lipinski definition) is 9. The maximum atomic E-state index is 13.0. The van der Waals surface area contributed by atoms with Gasteiger partial charge in [-0.25, -0.2) is 18.0 Å². The van der Waals surface area contributed by atoms with Gasteiger partial charge in [-0.3, -0.25) is 9.51 Å². The van der Waals surface area contributed by atoms with Crippen molar-refractivity contribution in [3.8, 4) is 17.5 Å². The van der Waals surface area contributed by atoms with E-state index >= 15 is 0 Å². The van der Waals surface area contributed by atoms with Crippen LogP contribution >= 0.6 is 0 Å². The van der Waals surface area contributed by atoms with E-state index < -0.39 is 23.2 Å². The maximum absolute atomic E-state index is 13.0. The van der Waals surface area contributed by atoms with E-state index in [4.69, 9.17) is 33.4 Å². The summed E-state index contributed by atoms with van der Waals surface area (Å²) in [6.07, 6.45) is 0. The van der Waals surface area contributed by atoms with Crippen molar-refractivity contribution in [1.82, 2.24) is 10.1 Å². The minimum absolute atomic E-state index is 0. The van der Waals surface area contributed by atoms with Gasteiger partial charge in [0.25, 0.3) is 0 Å². The molecule has 1 aromatic heterocycles. The number of nitrogens with two attached hydrogens (primary N) is 4. The first-order valence-electron chi connectivity index (χ1n) is 9.65. The standard InChI is InChI=1S/C8H6FN3O2.C7H8FN3O.C7H5FN2.2CH4/c9-5-3-4(1-2-6(5)10)7-11-8(13)14-12-7;8-5-3-4(7(10)11-12)1-2-6(5)9;8-6-3-5(4-9)1-2-7(6)10;;/h1-3H,10H2,(H,11,12,13);1-3,12H,9H2,(H2,10,11);1-3H,10H2;2*1H4. The normalized spacial score (nSPS) is 9.79. The number of nitriles is 1. The van der Waals surface area contributed by atoms with E-state index in [0.717, 1.165) is 12.1 Å². The third-order valence-electron chi connectivity index (χ3n) is 4.25. The number of hydrogen-bond donors (Lipinski definition) is 6. The summed E-state index contributed by atoms with van der Waals surface area (Å²) < 4.78 is 42.5. The summed E-state index contributed by atoms with van der Waals surface area (Å²) in [7, 11) is 0. The molecule has 0 saturated heterocycles. The van der Waals surface area contributed by atoms with Crippen LogP contribution in [0.5, 0.6) is 0 Å². The minimum atomic E-state index is -0.683. The lowest BCUT2D eigenvalue weighted by Gasteiger charge is -1.99. The van der Waals surface area contributed by atoms with E-state index in [0.29, 0.717) is 11.1 Å². The van der Waals surface area contributed by atoms with Gasteiger partial charge in [-0.2, -0.15) is 5.26 Å². The van der Waals surface area contributed by atoms with E-state index in [9.17, 15) is 18.0 Å². The van der Waals surface area contributed by atoms with Gasteiger partial charge in [0.1, 0.15) is 17.5 Å². The molecule has 0 aliphatic heterocycles. The third kappa shape index (κ3) is 8.96. The van der Waals surface area contributed by atoms with Crippen molar-refractivity contribution in [2.75, 3.05) is 17.2 Å². The quantitative estimate of drug-likeness (QED) is 0.0725. The number of nitrogens with zero attached hydrogens (tertiary/aromatic N) is 3. The van der Waals surface area contributed by atoms with Crippen molar-refractivity contribution in [3.63, 3.8) is 0 Å². The lowest BCUT2D eigenvalue weighted by atomic mass is 10.2. The smallest absolute Gasteiger partial charge is 0.409 e. The number of halogens is 3. The number of nitrogen functional groups attached to an aromatic ring is 3. The summed E-state index contributed by atoms with van der Waals surface area (Å²) in [5.41, 5.74) is 22.0. The van der Waals surface area contributed by atoms with Gasteiger partial charge >= 0.3 is 5.76 Å². The molecule has 4 aromatic rings. The Labute approximate surface area is 215 Å². The lowest BCUT2D eigenvalue weighted by Crippen LogP contribution is -2.13. The SMILES string of the molecule is C.C.N#Cc1ccc(N)c(F)c1.NC(=NO)c1ccc(N)c(F)c1.Nc1ccc(-c2noc(=O)[nH]2)cc1F. The largest absolute Gasteiger partial charge is 0.439 e. The molecule has 202 valence electrons. The molecule has 38 heavy (non-hydrogen) atoms. The molecule has 0 aliphatic rings. The van der Waals surface area contributed by atoms with E-state index in [-0.39, 0.29) is 49.1 Å². The number of benzene rings is 3. The molecule has 0 amide bonds. The molecular formula is C24H27F3N8O3. The second-order valence-corrected chi connectivity index (χ2v) is 6.75. The van der Waals surface area contributed by atoms with Crippen molar-refractivity contribution in [2.24, 2.45) is 10.9 Å². The van der Waals surface area contributed by atoms with E-state index in [1.165, 1.54) is 42.5 Å². The van der Waals surface area contributed by atoms with Crippen molar-refractivity contribution in [2.45, 2.75) is 14.9 Å². The van der Waals surface area contributed by atoms with Crippen molar-refractivity contribution >= 4 is 22.9 Å². The van der Waals surface area contributed by atoms with Gasteiger partial charge in [-0.15, -0.1) is 0 Å². The molecule has 14 heteroatoms. The molecule has 0 spiro atoms. The number of aromatic nitrogens is 2. The van der Waals surface area contributed by atoms with E-state index in [2.05, 4.69) is 19.8 Å². The van der Waals surface area contributed by atoms with Crippen LogP contribution in [0.25, 0.3) is 11.4 Å². The molecule has 0 aliphatic carbocycles. The molecule has 0 atom stereocenters. The number of anilines is 3. The van der Waals surface area contributed by atoms with Crippen molar-refractivity contribution in [3.05, 3.63) is 93.7 Å². The first-order chi connectivity index (χ1) is 17.0. The Bertz CT molecular complexity index is 1480. The number of aromatic amines is 1. The van der Waals surface area contributed by atoms with Crippen LogP contribution in [0, 0.1) is 28.8 Å². The van der Waals surface area contributed by atoms with Crippen LogP contribution in [0.4, 0.5) is 30.2 Å². The van der Waals surface area contributed by atoms with Crippen LogP contribution < -0.4 is 28.7 Å². The number of nitrogens with one attached hydrogen (secondary N) is 1. The summed E-state index contributed by atoms with van der Waals surface area (Å²) in [6.45, 7) is 0. The number of H-pyrrole nitrogens is 1. The Balaban J connectivity index is 0.000000534. The predicted molar refractivity (Wildman–Crippen MR) is 139 cm³/mol. The molecular weight excluding hydrogens is 505 g/mol. The lowest BCUT2D eigenvalue weighted by molar-refractivity contribution is 0.318. The highest BCUT2D eigenvalue weighted by Gasteiger charge is 2.06. The molecule has 0 bridgehead atoms. The predicted octanol–water partition coefficient (Wildman–Crippen LogP) is 3.81. The zero-order valence-corrected chi connectivity index (χ0v) is 18.2. The zero-order chi connectivity index (χ0) is 26.8. The Morgan fingerprint density at radius 1 is 0.921 bits per heavy atom. The second kappa shape index (κ2) is 14.8. The molecule has 3 aromatic carbocycles. The average molecular weight is 533 g/mol. The summed E-state index contributed by atoms with van der Waals surface area (Å²) in [5.74, 6) is -2.34. The fraction of sp³-hybridized carbons (Fsp3) is 0.0833. The fourth-order valence-electron chi connectivity index (χ4n) is 2.37. The van der Waals surface area contributed by atoms with Gasteiger partial charge in [-0.05, 0) is 54.6 Å². The topological polar surface area (TPSA) is 219 Å². The van der Waals surface area contributed by atoms with Crippen LogP contribution in [0.2, 0.25) is 0 Å².